The van der Waals surface area contributed by atoms with Gasteiger partial charge in [-0.15, -0.1) is 0 Å². The Hall–Kier alpha value is -4.03. The molecule has 0 spiro atoms. The van der Waals surface area contributed by atoms with Gasteiger partial charge in [-0.3, -0.25) is 4.79 Å². The molecule has 2 aromatic heterocycles. The third-order valence-electron chi connectivity index (χ3n) is 5.09. The van der Waals surface area contributed by atoms with Gasteiger partial charge in [0.1, 0.15) is 11.2 Å². The lowest BCUT2D eigenvalue weighted by Gasteiger charge is -2.10. The fourth-order valence-corrected chi connectivity index (χ4v) is 3.88. The molecule has 0 radical (unpaired) electrons. The average molecular weight is 430 g/mol. The maximum Gasteiger partial charge on any atom is 0.226 e. The molecule has 2 N–H and O–H groups in total. The van der Waals surface area contributed by atoms with Crippen LogP contribution in [0, 0.1) is 0 Å². The van der Waals surface area contributed by atoms with Crippen LogP contribution >= 0.6 is 11.6 Å². The Kier molecular flexibility index (Phi) is 4.49. The van der Waals surface area contributed by atoms with Gasteiger partial charge in [0.25, 0.3) is 0 Å². The number of para-hydroxylation sites is 2. The minimum absolute atomic E-state index is 0.0312. The molecule has 5 rings (SSSR count). The van der Waals surface area contributed by atoms with Gasteiger partial charge in [0.05, 0.1) is 21.8 Å². The number of benzene rings is 3. The highest BCUT2D eigenvalue weighted by atomic mass is 35.5. The number of hydrogen-bond acceptors (Lipinski definition) is 4. The van der Waals surface area contributed by atoms with E-state index in [9.17, 15) is 15.0 Å². The first-order valence-corrected chi connectivity index (χ1v) is 9.91. The van der Waals surface area contributed by atoms with Crippen molar-refractivity contribution in [2.24, 2.45) is 0 Å². The molecule has 2 heterocycles. The van der Waals surface area contributed by atoms with Crippen LogP contribution in [0.15, 0.2) is 84.9 Å². The Morgan fingerprint density at radius 2 is 1.42 bits per heavy atom. The summed E-state index contributed by atoms with van der Waals surface area (Å²) in [6.07, 6.45) is 0. The quantitative estimate of drug-likeness (QED) is 0.389. The molecular weight excluding hydrogens is 414 g/mol. The number of aromatic nitrogens is 3. The average Bonchev–Trinajstić information content (AvgIpc) is 3.32. The van der Waals surface area contributed by atoms with Gasteiger partial charge in [0, 0.05) is 5.56 Å². The summed E-state index contributed by atoms with van der Waals surface area (Å²) in [5, 5.41) is 27.2. The Morgan fingerprint density at radius 1 is 0.806 bits per heavy atom. The van der Waals surface area contributed by atoms with Crippen LogP contribution in [-0.2, 0) is 0 Å². The van der Waals surface area contributed by atoms with E-state index in [1.165, 1.54) is 9.25 Å². The number of rotatable bonds is 4. The van der Waals surface area contributed by atoms with Gasteiger partial charge >= 0.3 is 0 Å². The van der Waals surface area contributed by atoms with Gasteiger partial charge < -0.3 is 10.2 Å². The monoisotopic (exact) mass is 429 g/mol. The number of ketones is 1. The van der Waals surface area contributed by atoms with E-state index in [0.717, 1.165) is 0 Å². The standard InChI is InChI=1S/C24H16ClN3O3/c25-17-13-7-8-14-18(17)27-23(30)19-20(22(29)15-9-3-1-4-10-15)26-28(21(19)24(27)31)16-11-5-2-6-12-16/h1-14,30-31H. The first kappa shape index (κ1) is 19.0. The van der Waals surface area contributed by atoms with Crippen molar-refractivity contribution in [2.75, 3.05) is 0 Å². The number of carbonyl (C=O) groups excluding carboxylic acids is 1. The summed E-state index contributed by atoms with van der Waals surface area (Å²) in [6, 6.07) is 24.6. The number of aromatic hydroxyl groups is 2. The minimum atomic E-state index is -0.369. The Morgan fingerprint density at radius 3 is 2.10 bits per heavy atom. The van der Waals surface area contributed by atoms with E-state index in [1.54, 1.807) is 60.7 Å². The lowest BCUT2D eigenvalue weighted by molar-refractivity contribution is 0.103. The van der Waals surface area contributed by atoms with E-state index < -0.39 is 0 Å². The molecule has 0 aliphatic heterocycles. The Bertz CT molecular complexity index is 1420. The molecule has 0 amide bonds. The molecule has 3 aromatic carbocycles. The van der Waals surface area contributed by atoms with E-state index >= 15 is 0 Å². The van der Waals surface area contributed by atoms with E-state index in [1.807, 2.05) is 24.3 Å². The van der Waals surface area contributed by atoms with E-state index in [4.69, 9.17) is 11.6 Å². The summed E-state index contributed by atoms with van der Waals surface area (Å²) in [4.78, 5) is 13.3. The molecule has 0 bridgehead atoms. The van der Waals surface area contributed by atoms with Crippen LogP contribution in [-0.4, -0.2) is 30.3 Å². The summed E-state index contributed by atoms with van der Waals surface area (Å²) < 4.78 is 2.67. The fourth-order valence-electron chi connectivity index (χ4n) is 3.66. The molecule has 0 saturated heterocycles. The summed E-state index contributed by atoms with van der Waals surface area (Å²) in [5.41, 5.74) is 1.68. The maximum atomic E-state index is 13.3. The van der Waals surface area contributed by atoms with Crippen molar-refractivity contribution in [2.45, 2.75) is 0 Å². The first-order chi connectivity index (χ1) is 15.1. The zero-order chi connectivity index (χ0) is 21.5. The predicted molar refractivity (Wildman–Crippen MR) is 119 cm³/mol. The molecule has 0 aliphatic carbocycles. The van der Waals surface area contributed by atoms with Crippen LogP contribution in [0.25, 0.3) is 22.3 Å². The molecular formula is C24H16ClN3O3. The van der Waals surface area contributed by atoms with Crippen molar-refractivity contribution < 1.29 is 15.0 Å². The van der Waals surface area contributed by atoms with E-state index in [0.29, 0.717) is 22.0 Å². The minimum Gasteiger partial charge on any atom is -0.494 e. The third-order valence-corrected chi connectivity index (χ3v) is 5.41. The van der Waals surface area contributed by atoms with Gasteiger partial charge in [-0.05, 0) is 24.3 Å². The summed E-state index contributed by atoms with van der Waals surface area (Å²) in [5.74, 6) is -0.960. The van der Waals surface area contributed by atoms with Crippen molar-refractivity contribution in [3.63, 3.8) is 0 Å². The van der Waals surface area contributed by atoms with E-state index in [2.05, 4.69) is 5.10 Å². The predicted octanol–water partition coefficient (Wildman–Crippen LogP) is 5.11. The summed E-state index contributed by atoms with van der Waals surface area (Å²) >= 11 is 6.32. The second kappa shape index (κ2) is 7.34. The topological polar surface area (TPSA) is 80.3 Å². The number of halogens is 1. The molecule has 0 aliphatic rings. The van der Waals surface area contributed by atoms with E-state index in [-0.39, 0.29) is 34.1 Å². The number of carbonyl (C=O) groups is 1. The first-order valence-electron chi connectivity index (χ1n) is 9.53. The molecule has 0 fully saturated rings. The molecule has 0 unspecified atom stereocenters. The lowest BCUT2D eigenvalue weighted by Crippen LogP contribution is -2.05. The molecule has 31 heavy (non-hydrogen) atoms. The highest BCUT2D eigenvalue weighted by molar-refractivity contribution is 6.32. The maximum absolute atomic E-state index is 13.3. The zero-order valence-corrected chi connectivity index (χ0v) is 16.9. The van der Waals surface area contributed by atoms with Gasteiger partial charge in [0.15, 0.2) is 0 Å². The summed E-state index contributed by atoms with van der Waals surface area (Å²) in [7, 11) is 0. The van der Waals surface area contributed by atoms with Crippen LogP contribution in [0.5, 0.6) is 11.8 Å². The fraction of sp³-hybridized carbons (Fsp3) is 0. The van der Waals surface area contributed by atoms with Crippen molar-refractivity contribution in [1.29, 1.82) is 0 Å². The van der Waals surface area contributed by atoms with Crippen LogP contribution in [0.1, 0.15) is 16.1 Å². The van der Waals surface area contributed by atoms with Gasteiger partial charge in [0.2, 0.25) is 17.5 Å². The molecule has 5 aromatic rings. The normalized spacial score (nSPS) is 11.1. The Balaban J connectivity index is 1.86. The largest absolute Gasteiger partial charge is 0.494 e. The molecule has 7 heteroatoms. The van der Waals surface area contributed by atoms with Crippen LogP contribution in [0.4, 0.5) is 0 Å². The van der Waals surface area contributed by atoms with Gasteiger partial charge in [-0.25, -0.2) is 9.25 Å². The number of hydrogen-bond donors (Lipinski definition) is 2. The van der Waals surface area contributed by atoms with Crippen molar-refractivity contribution >= 4 is 28.3 Å². The summed E-state index contributed by atoms with van der Waals surface area (Å²) in [6.45, 7) is 0. The molecule has 6 nitrogen and oxygen atoms in total. The van der Waals surface area contributed by atoms with Crippen molar-refractivity contribution in [3.8, 4) is 23.1 Å². The second-order valence-corrected chi connectivity index (χ2v) is 7.36. The third kappa shape index (κ3) is 2.96. The van der Waals surface area contributed by atoms with Gasteiger partial charge in [-0.1, -0.05) is 72.3 Å². The van der Waals surface area contributed by atoms with Gasteiger partial charge in [-0.2, -0.15) is 5.10 Å². The molecule has 0 atom stereocenters. The van der Waals surface area contributed by atoms with Crippen LogP contribution in [0.2, 0.25) is 5.02 Å². The molecule has 152 valence electrons. The Labute approximate surface area is 182 Å². The number of fused-ring (bicyclic) bond motifs is 1. The number of nitrogens with zero attached hydrogens (tertiary/aromatic N) is 3. The van der Waals surface area contributed by atoms with Crippen molar-refractivity contribution in [3.05, 3.63) is 101 Å². The molecule has 0 saturated carbocycles. The lowest BCUT2D eigenvalue weighted by atomic mass is 10.1. The highest BCUT2D eigenvalue weighted by Gasteiger charge is 2.30. The van der Waals surface area contributed by atoms with Crippen molar-refractivity contribution in [1.82, 2.24) is 14.3 Å². The van der Waals surface area contributed by atoms with Crippen LogP contribution in [0.3, 0.4) is 0 Å². The van der Waals surface area contributed by atoms with Crippen LogP contribution < -0.4 is 0 Å². The highest BCUT2D eigenvalue weighted by Crippen LogP contribution is 2.43. The second-order valence-electron chi connectivity index (χ2n) is 6.95. The SMILES string of the molecule is O=C(c1ccccc1)c1nn(-c2ccccc2)c2c(O)n(-c3ccccc3Cl)c(O)c12. The smallest absolute Gasteiger partial charge is 0.226 e. The zero-order valence-electron chi connectivity index (χ0n) is 16.1.